The molecule has 0 saturated heterocycles. The molecule has 16 heavy (non-hydrogen) atoms. The Morgan fingerprint density at radius 1 is 1.44 bits per heavy atom. The second-order valence-corrected chi connectivity index (χ2v) is 3.71. The first-order valence-corrected chi connectivity index (χ1v) is 4.79. The standard InChI is InChI=1S/C11H8FN3O/c1-14-6-13-9-5-15(16)10-3-2-7(12)4-8(10)11(9)14/h2-6H,1H3. The van der Waals surface area contributed by atoms with Crippen molar-refractivity contribution < 1.29 is 9.12 Å². The molecule has 1 aromatic carbocycles. The van der Waals surface area contributed by atoms with Gasteiger partial charge in [-0.25, -0.2) is 9.37 Å². The fraction of sp³-hybridized carbons (Fsp3) is 0.0909. The normalized spacial score (nSPS) is 11.4. The Bertz CT molecular complexity index is 705. The molecular weight excluding hydrogens is 209 g/mol. The van der Waals surface area contributed by atoms with Gasteiger partial charge in [0.25, 0.3) is 0 Å². The number of pyridine rings is 1. The van der Waals surface area contributed by atoms with Gasteiger partial charge in [-0.2, -0.15) is 4.73 Å². The highest BCUT2D eigenvalue weighted by molar-refractivity contribution is 6.00. The van der Waals surface area contributed by atoms with Crippen molar-refractivity contribution in [1.82, 2.24) is 9.55 Å². The minimum Gasteiger partial charge on any atom is -0.618 e. The molecule has 0 atom stereocenters. The third-order valence-corrected chi connectivity index (χ3v) is 2.66. The maximum absolute atomic E-state index is 13.2. The van der Waals surface area contributed by atoms with E-state index in [1.54, 1.807) is 10.9 Å². The zero-order valence-corrected chi connectivity index (χ0v) is 8.51. The minimum absolute atomic E-state index is 0.360. The van der Waals surface area contributed by atoms with Gasteiger partial charge in [-0.15, -0.1) is 0 Å². The minimum atomic E-state index is -0.360. The molecule has 2 aromatic heterocycles. The van der Waals surface area contributed by atoms with E-state index in [4.69, 9.17) is 0 Å². The second-order valence-electron chi connectivity index (χ2n) is 3.71. The number of imidazole rings is 1. The second kappa shape index (κ2) is 2.91. The molecule has 4 nitrogen and oxygen atoms in total. The summed E-state index contributed by atoms with van der Waals surface area (Å²) in [7, 11) is 1.81. The van der Waals surface area contributed by atoms with Gasteiger partial charge in [-0.1, -0.05) is 0 Å². The van der Waals surface area contributed by atoms with Crippen LogP contribution in [-0.2, 0) is 7.05 Å². The highest BCUT2D eigenvalue weighted by Crippen LogP contribution is 2.21. The van der Waals surface area contributed by atoms with Crippen LogP contribution in [0.1, 0.15) is 0 Å². The number of benzene rings is 1. The Balaban J connectivity index is 2.64. The van der Waals surface area contributed by atoms with E-state index < -0.39 is 0 Å². The molecule has 0 bridgehead atoms. The number of hydrogen-bond acceptors (Lipinski definition) is 2. The quantitative estimate of drug-likeness (QED) is 0.423. The molecule has 0 aliphatic carbocycles. The van der Waals surface area contributed by atoms with E-state index in [2.05, 4.69) is 4.98 Å². The van der Waals surface area contributed by atoms with Crippen LogP contribution >= 0.6 is 0 Å². The summed E-state index contributed by atoms with van der Waals surface area (Å²) in [6.07, 6.45) is 3.00. The van der Waals surface area contributed by atoms with Crippen molar-refractivity contribution in [3.8, 4) is 0 Å². The molecule has 0 unspecified atom stereocenters. The third kappa shape index (κ3) is 1.08. The summed E-state index contributed by atoms with van der Waals surface area (Å²) in [6.45, 7) is 0. The smallest absolute Gasteiger partial charge is 0.226 e. The summed E-state index contributed by atoms with van der Waals surface area (Å²) in [6, 6.07) is 4.11. The molecule has 0 aliphatic rings. The average Bonchev–Trinajstić information content (AvgIpc) is 2.60. The Labute approximate surface area is 90.1 Å². The van der Waals surface area contributed by atoms with E-state index in [-0.39, 0.29) is 5.82 Å². The molecule has 0 spiro atoms. The number of aryl methyl sites for hydroxylation is 1. The van der Waals surface area contributed by atoms with Crippen LogP contribution in [0.15, 0.2) is 30.7 Å². The highest BCUT2D eigenvalue weighted by Gasteiger charge is 2.13. The SMILES string of the molecule is Cn1cnc2c[n+]([O-])c3ccc(F)cc3c21. The van der Waals surface area contributed by atoms with Crippen LogP contribution in [-0.4, -0.2) is 9.55 Å². The summed E-state index contributed by atoms with van der Waals surface area (Å²) in [4.78, 5) is 4.08. The van der Waals surface area contributed by atoms with E-state index in [1.165, 1.54) is 24.4 Å². The van der Waals surface area contributed by atoms with E-state index >= 15 is 0 Å². The molecule has 0 amide bonds. The molecule has 3 rings (SSSR count). The van der Waals surface area contributed by atoms with Crippen LogP contribution < -0.4 is 4.73 Å². The molecule has 0 radical (unpaired) electrons. The summed E-state index contributed by atoms with van der Waals surface area (Å²) >= 11 is 0. The van der Waals surface area contributed by atoms with Gasteiger partial charge in [0.05, 0.1) is 17.2 Å². The number of halogens is 1. The average molecular weight is 217 g/mol. The molecule has 0 saturated carbocycles. The van der Waals surface area contributed by atoms with Crippen molar-refractivity contribution in [1.29, 1.82) is 0 Å². The number of fused-ring (bicyclic) bond motifs is 3. The maximum atomic E-state index is 13.2. The van der Waals surface area contributed by atoms with E-state index in [9.17, 15) is 9.60 Å². The monoisotopic (exact) mass is 217 g/mol. The first-order valence-electron chi connectivity index (χ1n) is 4.79. The first-order chi connectivity index (χ1) is 7.66. The van der Waals surface area contributed by atoms with Gasteiger partial charge in [-0.3, -0.25) is 0 Å². The van der Waals surface area contributed by atoms with Crippen LogP contribution in [0.3, 0.4) is 0 Å². The summed E-state index contributed by atoms with van der Waals surface area (Å²) in [5.41, 5.74) is 1.77. The van der Waals surface area contributed by atoms with Gasteiger partial charge < -0.3 is 9.77 Å². The van der Waals surface area contributed by atoms with E-state index in [0.717, 1.165) is 5.52 Å². The third-order valence-electron chi connectivity index (χ3n) is 2.66. The predicted molar refractivity (Wildman–Crippen MR) is 57.1 cm³/mol. The zero-order valence-electron chi connectivity index (χ0n) is 8.51. The zero-order chi connectivity index (χ0) is 11.3. The lowest BCUT2D eigenvalue weighted by molar-refractivity contribution is -0.575. The lowest BCUT2D eigenvalue weighted by Gasteiger charge is -2.03. The van der Waals surface area contributed by atoms with Gasteiger partial charge in [0, 0.05) is 13.1 Å². The molecule has 0 N–H and O–H groups in total. The molecular formula is C11H8FN3O. The number of rotatable bonds is 0. The lowest BCUT2D eigenvalue weighted by atomic mass is 10.2. The molecule has 0 aliphatic heterocycles. The number of hydrogen-bond donors (Lipinski definition) is 0. The number of aromatic nitrogens is 3. The van der Waals surface area contributed by atoms with Crippen LogP contribution in [0.5, 0.6) is 0 Å². The first kappa shape index (κ1) is 9.08. The van der Waals surface area contributed by atoms with Gasteiger partial charge >= 0.3 is 0 Å². The Hall–Kier alpha value is -2.17. The van der Waals surface area contributed by atoms with Crippen molar-refractivity contribution in [2.24, 2.45) is 7.05 Å². The van der Waals surface area contributed by atoms with Crippen LogP contribution in [0.2, 0.25) is 0 Å². The predicted octanol–water partition coefficient (Wildman–Crippen LogP) is 1.50. The van der Waals surface area contributed by atoms with Crippen molar-refractivity contribution in [3.63, 3.8) is 0 Å². The van der Waals surface area contributed by atoms with Crippen molar-refractivity contribution in [3.05, 3.63) is 41.7 Å². The van der Waals surface area contributed by atoms with Crippen molar-refractivity contribution >= 4 is 21.9 Å². The Morgan fingerprint density at radius 3 is 3.06 bits per heavy atom. The van der Waals surface area contributed by atoms with Crippen LogP contribution in [0, 0.1) is 11.0 Å². The molecule has 5 heteroatoms. The summed E-state index contributed by atoms with van der Waals surface area (Å²) in [5.74, 6) is -0.360. The van der Waals surface area contributed by atoms with Gasteiger partial charge in [-0.05, 0) is 12.1 Å². The van der Waals surface area contributed by atoms with Gasteiger partial charge in [0.1, 0.15) is 5.82 Å². The number of nitrogens with zero attached hydrogens (tertiary/aromatic N) is 3. The van der Waals surface area contributed by atoms with Gasteiger partial charge in [0.2, 0.25) is 11.7 Å². The topological polar surface area (TPSA) is 44.8 Å². The fourth-order valence-corrected chi connectivity index (χ4v) is 1.94. The molecule has 80 valence electrons. The Morgan fingerprint density at radius 2 is 2.25 bits per heavy atom. The Kier molecular flexibility index (Phi) is 1.65. The molecule has 3 aromatic rings. The van der Waals surface area contributed by atoms with Crippen LogP contribution in [0.25, 0.3) is 21.9 Å². The highest BCUT2D eigenvalue weighted by atomic mass is 19.1. The van der Waals surface area contributed by atoms with E-state index in [1.807, 2.05) is 7.05 Å². The van der Waals surface area contributed by atoms with Crippen molar-refractivity contribution in [2.75, 3.05) is 0 Å². The van der Waals surface area contributed by atoms with Crippen molar-refractivity contribution in [2.45, 2.75) is 0 Å². The molecule has 0 fully saturated rings. The maximum Gasteiger partial charge on any atom is 0.226 e. The van der Waals surface area contributed by atoms with E-state index in [0.29, 0.717) is 21.2 Å². The largest absolute Gasteiger partial charge is 0.618 e. The lowest BCUT2D eigenvalue weighted by Crippen LogP contribution is -2.26. The fourth-order valence-electron chi connectivity index (χ4n) is 1.94. The summed E-state index contributed by atoms with van der Waals surface area (Å²) < 4.78 is 15.7. The summed E-state index contributed by atoms with van der Waals surface area (Å²) in [5, 5.41) is 12.2. The van der Waals surface area contributed by atoms with Crippen LogP contribution in [0.4, 0.5) is 4.39 Å². The molecule has 2 heterocycles. The van der Waals surface area contributed by atoms with Gasteiger partial charge in [0.15, 0.2) is 5.52 Å².